The van der Waals surface area contributed by atoms with Crippen LogP contribution in [-0.2, 0) is 10.5 Å². The summed E-state index contributed by atoms with van der Waals surface area (Å²) in [7, 11) is 1.30. The number of hydrogen-bond acceptors (Lipinski definition) is 9. The van der Waals surface area contributed by atoms with Crippen LogP contribution < -0.4 is 20.6 Å². The summed E-state index contributed by atoms with van der Waals surface area (Å²) in [5.41, 5.74) is 1.15. The Balaban J connectivity index is 1.63. The molecule has 5 rings (SSSR count). The third-order valence-corrected chi connectivity index (χ3v) is 6.46. The summed E-state index contributed by atoms with van der Waals surface area (Å²) in [5.74, 6) is -0.433. The number of fused-ring (bicyclic) bond motifs is 2. The summed E-state index contributed by atoms with van der Waals surface area (Å²) >= 11 is 1.36. The van der Waals surface area contributed by atoms with Gasteiger partial charge in [0.05, 0.1) is 17.4 Å². The summed E-state index contributed by atoms with van der Waals surface area (Å²) in [6, 6.07) is 19.6. The summed E-state index contributed by atoms with van der Waals surface area (Å²) in [4.78, 5) is 28.9. The number of thioether (sulfide) groups is 1. The highest BCUT2D eigenvalue weighted by molar-refractivity contribution is 8.13. The minimum atomic E-state index is -0.897. The SMILES string of the molecule is COc1cc(C2N=c3ccccc3=C3C(=O)NC(SCc4ccccc4)=NN32)cc([N+](=O)[O-])c1O. The Morgan fingerprint density at radius 1 is 1.17 bits per heavy atom. The van der Waals surface area contributed by atoms with Gasteiger partial charge >= 0.3 is 5.69 Å². The quantitative estimate of drug-likeness (QED) is 0.416. The number of amidine groups is 1. The molecule has 0 saturated carbocycles. The van der Waals surface area contributed by atoms with Gasteiger partial charge in [0.1, 0.15) is 5.70 Å². The van der Waals surface area contributed by atoms with Crippen molar-refractivity contribution in [3.05, 3.63) is 98.5 Å². The molecule has 0 radical (unpaired) electrons. The lowest BCUT2D eigenvalue weighted by atomic mass is 10.1. The first-order valence-corrected chi connectivity index (χ1v) is 11.5. The molecule has 2 N–H and O–H groups in total. The van der Waals surface area contributed by atoms with Crippen molar-refractivity contribution < 1.29 is 19.6 Å². The fourth-order valence-electron chi connectivity index (χ4n) is 3.89. The number of phenols is 1. The van der Waals surface area contributed by atoms with Crippen LogP contribution in [0.3, 0.4) is 0 Å². The number of aromatic hydroxyl groups is 1. The maximum absolute atomic E-state index is 13.2. The van der Waals surface area contributed by atoms with Crippen molar-refractivity contribution in [2.24, 2.45) is 10.1 Å². The molecule has 1 atom stereocenters. The summed E-state index contributed by atoms with van der Waals surface area (Å²) in [5, 5.41) is 32.3. The van der Waals surface area contributed by atoms with Crippen molar-refractivity contribution in [3.63, 3.8) is 0 Å². The lowest BCUT2D eigenvalue weighted by molar-refractivity contribution is -0.386. The normalized spacial score (nSPS) is 16.4. The van der Waals surface area contributed by atoms with Gasteiger partial charge in [-0.25, -0.2) is 5.01 Å². The lowest BCUT2D eigenvalue weighted by Crippen LogP contribution is -2.50. The minimum Gasteiger partial charge on any atom is -0.500 e. The van der Waals surface area contributed by atoms with Crippen LogP contribution >= 0.6 is 11.8 Å². The molecule has 11 heteroatoms. The van der Waals surface area contributed by atoms with Crippen LogP contribution in [-0.4, -0.2) is 33.2 Å². The number of carbonyl (C=O) groups is 1. The largest absolute Gasteiger partial charge is 0.500 e. The Kier molecular flexibility index (Phi) is 5.83. The highest BCUT2D eigenvalue weighted by Gasteiger charge is 2.36. The van der Waals surface area contributed by atoms with Crippen LogP contribution in [0.15, 0.2) is 76.8 Å². The van der Waals surface area contributed by atoms with Crippen molar-refractivity contribution in [2.45, 2.75) is 11.9 Å². The van der Waals surface area contributed by atoms with E-state index in [4.69, 9.17) is 9.73 Å². The molecule has 2 heterocycles. The lowest BCUT2D eigenvalue weighted by Gasteiger charge is -2.34. The number of benzene rings is 3. The van der Waals surface area contributed by atoms with E-state index in [2.05, 4.69) is 10.4 Å². The fraction of sp³-hybridized carbons (Fsp3) is 0.125. The van der Waals surface area contributed by atoms with Crippen LogP contribution in [0.2, 0.25) is 0 Å². The third kappa shape index (κ3) is 4.17. The Labute approximate surface area is 203 Å². The van der Waals surface area contributed by atoms with Crippen molar-refractivity contribution in [1.82, 2.24) is 10.3 Å². The second-order valence-electron chi connectivity index (χ2n) is 7.69. The van der Waals surface area contributed by atoms with Gasteiger partial charge in [-0.1, -0.05) is 60.3 Å². The number of hydrazone groups is 1. The maximum atomic E-state index is 13.2. The number of methoxy groups -OCH3 is 1. The number of rotatable bonds is 5. The van der Waals surface area contributed by atoms with Crippen molar-refractivity contribution >= 4 is 34.2 Å². The van der Waals surface area contributed by atoms with E-state index in [0.717, 1.165) is 5.56 Å². The number of phenolic OH excluding ortho intramolecular Hbond substituents is 1. The number of nitrogens with zero attached hydrogens (tertiary/aromatic N) is 4. The topological polar surface area (TPSA) is 130 Å². The van der Waals surface area contributed by atoms with Crippen molar-refractivity contribution in [3.8, 4) is 11.5 Å². The fourth-order valence-corrected chi connectivity index (χ4v) is 4.70. The zero-order valence-electron chi connectivity index (χ0n) is 18.4. The maximum Gasteiger partial charge on any atom is 0.315 e. The molecule has 0 spiro atoms. The molecule has 0 saturated heterocycles. The number of nitro groups is 1. The average Bonchev–Trinajstić information content (AvgIpc) is 2.87. The van der Waals surface area contributed by atoms with Crippen LogP contribution in [0.5, 0.6) is 11.5 Å². The van der Waals surface area contributed by atoms with Gasteiger partial charge in [-0.05, 0) is 17.7 Å². The molecule has 0 aromatic heterocycles. The van der Waals surface area contributed by atoms with Gasteiger partial charge in [0.2, 0.25) is 5.75 Å². The second kappa shape index (κ2) is 9.11. The van der Waals surface area contributed by atoms with Gasteiger partial charge < -0.3 is 9.84 Å². The molecule has 1 amide bonds. The molecule has 3 aromatic carbocycles. The Hall–Kier alpha value is -4.38. The standard InChI is InChI=1S/C24H19N5O5S/c1-34-19-12-15(11-18(21(19)30)29(32)33)22-25-17-10-6-5-9-16(17)20-23(31)26-24(27-28(20)22)35-13-14-7-3-2-4-8-14/h2-12,22,30H,13H2,1H3,(H,26,27,31). The number of nitro benzene ring substituents is 1. The molecular formula is C24H19N5O5S. The van der Waals surface area contributed by atoms with E-state index in [1.807, 2.05) is 30.3 Å². The Morgan fingerprint density at radius 3 is 2.66 bits per heavy atom. The van der Waals surface area contributed by atoms with Crippen LogP contribution in [0, 0.1) is 10.1 Å². The number of ether oxygens (including phenoxy) is 1. The van der Waals surface area contributed by atoms with Gasteiger partial charge in [-0.2, -0.15) is 0 Å². The van der Waals surface area contributed by atoms with Crippen LogP contribution in [0.1, 0.15) is 17.3 Å². The zero-order valence-corrected chi connectivity index (χ0v) is 19.2. The number of nitrogens with one attached hydrogen (secondary N) is 1. The van der Waals surface area contributed by atoms with Gasteiger partial charge in [0, 0.05) is 22.6 Å². The number of carbonyl (C=O) groups excluding carboxylic acids is 1. The number of amides is 1. The van der Waals surface area contributed by atoms with Crippen molar-refractivity contribution in [1.29, 1.82) is 0 Å². The Bertz CT molecular complexity index is 1490. The van der Waals surface area contributed by atoms with Gasteiger partial charge in [-0.15, -0.1) is 5.10 Å². The number of hydrogen-bond donors (Lipinski definition) is 2. The van der Waals surface area contributed by atoms with E-state index in [1.54, 1.807) is 24.3 Å². The van der Waals surface area contributed by atoms with E-state index in [-0.39, 0.29) is 17.4 Å². The van der Waals surface area contributed by atoms with E-state index in [9.17, 15) is 20.0 Å². The van der Waals surface area contributed by atoms with E-state index in [0.29, 0.717) is 27.1 Å². The second-order valence-corrected chi connectivity index (χ2v) is 8.66. The van der Waals surface area contributed by atoms with E-state index < -0.39 is 22.5 Å². The van der Waals surface area contributed by atoms with E-state index in [1.165, 1.54) is 36.0 Å². The first kappa shape index (κ1) is 22.4. The molecule has 35 heavy (non-hydrogen) atoms. The van der Waals surface area contributed by atoms with Crippen LogP contribution in [0.25, 0.3) is 5.70 Å². The monoisotopic (exact) mass is 489 g/mol. The van der Waals surface area contributed by atoms with Crippen molar-refractivity contribution in [2.75, 3.05) is 7.11 Å². The molecule has 0 aliphatic carbocycles. The minimum absolute atomic E-state index is 0.0751. The predicted molar refractivity (Wildman–Crippen MR) is 130 cm³/mol. The first-order valence-electron chi connectivity index (χ1n) is 10.5. The molecule has 10 nitrogen and oxygen atoms in total. The highest BCUT2D eigenvalue weighted by Crippen LogP contribution is 2.41. The molecule has 2 aliphatic heterocycles. The molecule has 0 fully saturated rings. The molecule has 2 aliphatic rings. The Morgan fingerprint density at radius 2 is 1.91 bits per heavy atom. The molecule has 1 unspecified atom stereocenters. The van der Waals surface area contributed by atoms with Gasteiger partial charge in [-0.3, -0.25) is 25.2 Å². The summed E-state index contributed by atoms with van der Waals surface area (Å²) < 4.78 is 5.16. The smallest absolute Gasteiger partial charge is 0.315 e. The van der Waals surface area contributed by atoms with E-state index >= 15 is 0 Å². The van der Waals surface area contributed by atoms with Crippen LogP contribution in [0.4, 0.5) is 5.69 Å². The average molecular weight is 490 g/mol. The molecule has 3 aromatic rings. The highest BCUT2D eigenvalue weighted by atomic mass is 32.2. The van der Waals surface area contributed by atoms with Gasteiger partial charge in [0.25, 0.3) is 5.91 Å². The zero-order chi connectivity index (χ0) is 24.5. The first-order chi connectivity index (χ1) is 17.0. The molecular weight excluding hydrogens is 470 g/mol. The predicted octanol–water partition coefficient (Wildman–Crippen LogP) is 2.39. The van der Waals surface area contributed by atoms with Gasteiger partial charge in [0.15, 0.2) is 17.1 Å². The summed E-state index contributed by atoms with van der Waals surface area (Å²) in [6.45, 7) is 0. The summed E-state index contributed by atoms with van der Waals surface area (Å²) in [6.07, 6.45) is -0.897. The molecule has 0 bridgehead atoms. The number of para-hydroxylation sites is 1. The third-order valence-electron chi connectivity index (χ3n) is 5.53. The molecule has 176 valence electrons.